The average molecular weight is 455 g/mol. The zero-order chi connectivity index (χ0) is 23.3. The van der Waals surface area contributed by atoms with Crippen molar-refractivity contribution in [2.24, 2.45) is 0 Å². The van der Waals surface area contributed by atoms with Crippen molar-refractivity contribution in [3.63, 3.8) is 0 Å². The van der Waals surface area contributed by atoms with E-state index in [4.69, 9.17) is 4.74 Å². The van der Waals surface area contributed by atoms with Crippen LogP contribution in [0.2, 0.25) is 0 Å². The molecule has 0 bridgehead atoms. The quantitative estimate of drug-likeness (QED) is 0.461. The molecule has 4 aromatic rings. The smallest absolute Gasteiger partial charge is 0.408 e. The topological polar surface area (TPSA) is 87.3 Å². The number of aromatic nitrogens is 2. The Morgan fingerprint density at radius 1 is 1.03 bits per heavy atom. The van der Waals surface area contributed by atoms with Crippen molar-refractivity contribution in [1.82, 2.24) is 20.4 Å². The highest BCUT2D eigenvalue weighted by Crippen LogP contribution is 2.27. The van der Waals surface area contributed by atoms with Crippen molar-refractivity contribution in [3.8, 4) is 0 Å². The molecular formula is C27H26N4O3. The molecule has 0 fully saturated rings. The van der Waals surface area contributed by atoms with Gasteiger partial charge in [-0.15, -0.1) is 0 Å². The Labute approximate surface area is 197 Å². The zero-order valence-electron chi connectivity index (χ0n) is 18.7. The highest BCUT2D eigenvalue weighted by atomic mass is 16.5. The van der Waals surface area contributed by atoms with Gasteiger partial charge in [0.05, 0.1) is 11.7 Å². The molecule has 2 amide bonds. The molecule has 2 N–H and O–H groups in total. The molecule has 34 heavy (non-hydrogen) atoms. The molecule has 5 rings (SSSR count). The van der Waals surface area contributed by atoms with Crippen LogP contribution in [0.3, 0.4) is 0 Å². The summed E-state index contributed by atoms with van der Waals surface area (Å²) in [6, 6.07) is 22.8. The second-order valence-corrected chi connectivity index (χ2v) is 8.49. The minimum absolute atomic E-state index is 0.111. The van der Waals surface area contributed by atoms with E-state index in [0.29, 0.717) is 19.5 Å². The second-order valence-electron chi connectivity index (χ2n) is 8.49. The number of benzene rings is 3. The number of nitrogens with zero attached hydrogens (tertiary/aromatic N) is 2. The van der Waals surface area contributed by atoms with E-state index in [-0.39, 0.29) is 12.5 Å². The van der Waals surface area contributed by atoms with Gasteiger partial charge in [0.15, 0.2) is 0 Å². The third kappa shape index (κ3) is 4.78. The minimum Gasteiger partial charge on any atom is -0.445 e. The third-order valence-electron chi connectivity index (χ3n) is 6.23. The Kier molecular flexibility index (Phi) is 6.25. The number of carbonyl (C=O) groups excluding carboxylic acids is 2. The Morgan fingerprint density at radius 3 is 2.53 bits per heavy atom. The number of fused-ring (bicyclic) bond motifs is 3. The van der Waals surface area contributed by atoms with E-state index in [1.165, 1.54) is 0 Å². The molecule has 1 aliphatic heterocycles. The molecule has 1 aromatic heterocycles. The van der Waals surface area contributed by atoms with Crippen LogP contribution in [-0.2, 0) is 35.5 Å². The van der Waals surface area contributed by atoms with E-state index in [1.807, 2.05) is 65.6 Å². The lowest BCUT2D eigenvalue weighted by Crippen LogP contribution is -2.48. The first-order valence-electron chi connectivity index (χ1n) is 11.4. The number of H-pyrrole nitrogens is 1. The van der Waals surface area contributed by atoms with Crippen LogP contribution in [0.4, 0.5) is 4.79 Å². The molecular weight excluding hydrogens is 428 g/mol. The van der Waals surface area contributed by atoms with Gasteiger partial charge in [0.1, 0.15) is 12.6 Å². The molecule has 7 nitrogen and oxygen atoms in total. The van der Waals surface area contributed by atoms with E-state index in [0.717, 1.165) is 39.6 Å². The van der Waals surface area contributed by atoms with E-state index < -0.39 is 12.1 Å². The molecule has 0 radical (unpaired) electrons. The van der Waals surface area contributed by atoms with Gasteiger partial charge < -0.3 is 15.0 Å². The minimum atomic E-state index is -0.704. The van der Waals surface area contributed by atoms with Crippen LogP contribution in [0.25, 0.3) is 10.9 Å². The van der Waals surface area contributed by atoms with E-state index in [1.54, 1.807) is 6.20 Å². The van der Waals surface area contributed by atoms with Crippen molar-refractivity contribution < 1.29 is 14.3 Å². The number of ether oxygens (including phenoxy) is 1. The summed E-state index contributed by atoms with van der Waals surface area (Å²) < 4.78 is 5.39. The number of hydrogen-bond acceptors (Lipinski definition) is 4. The van der Waals surface area contributed by atoms with Gasteiger partial charge in [-0.1, -0.05) is 66.7 Å². The maximum atomic E-state index is 13.6. The highest BCUT2D eigenvalue weighted by Gasteiger charge is 2.32. The number of hydrogen-bond donors (Lipinski definition) is 2. The molecule has 0 unspecified atom stereocenters. The van der Waals surface area contributed by atoms with Crippen molar-refractivity contribution >= 4 is 22.9 Å². The van der Waals surface area contributed by atoms with Crippen LogP contribution in [-0.4, -0.2) is 39.7 Å². The van der Waals surface area contributed by atoms with Crippen molar-refractivity contribution in [3.05, 3.63) is 101 Å². The van der Waals surface area contributed by atoms with Gasteiger partial charge in [-0.05, 0) is 34.7 Å². The average Bonchev–Trinajstić information content (AvgIpc) is 3.31. The fourth-order valence-corrected chi connectivity index (χ4v) is 4.41. The Balaban J connectivity index is 1.36. The molecule has 0 aliphatic carbocycles. The number of alkyl carbamates (subject to hydrolysis) is 1. The standard InChI is InChI=1S/C27H26N4O3/c32-26-25(29-27(33)34-18-20-9-5-2-6-10-20)15-21-11-12-24-22(16-28-30-24)23(21)17-31(26)14-13-19-7-3-1-4-8-19/h1-12,16,25H,13-15,17-18H2,(H,28,30)(H,29,33)/t25-/m0/s1. The summed E-state index contributed by atoms with van der Waals surface area (Å²) in [5.74, 6) is -0.111. The van der Waals surface area contributed by atoms with Crippen LogP contribution >= 0.6 is 0 Å². The molecule has 7 heteroatoms. The molecule has 0 saturated carbocycles. The summed E-state index contributed by atoms with van der Waals surface area (Å²) in [5, 5.41) is 11.0. The van der Waals surface area contributed by atoms with Crippen molar-refractivity contribution in [1.29, 1.82) is 0 Å². The van der Waals surface area contributed by atoms with E-state index in [2.05, 4.69) is 27.6 Å². The normalized spacial score (nSPS) is 15.6. The molecule has 0 saturated heterocycles. The molecule has 172 valence electrons. The summed E-state index contributed by atoms with van der Waals surface area (Å²) >= 11 is 0. The summed E-state index contributed by atoms with van der Waals surface area (Å²) in [6.07, 6.45) is 2.33. The maximum absolute atomic E-state index is 13.6. The predicted octanol–water partition coefficient (Wildman–Crippen LogP) is 3.99. The second kappa shape index (κ2) is 9.79. The van der Waals surface area contributed by atoms with Gasteiger partial charge in [0, 0.05) is 24.9 Å². The number of carbonyl (C=O) groups is 2. The highest BCUT2D eigenvalue weighted by molar-refractivity contribution is 5.89. The van der Waals surface area contributed by atoms with Crippen LogP contribution in [0.5, 0.6) is 0 Å². The fourth-order valence-electron chi connectivity index (χ4n) is 4.41. The number of nitrogens with one attached hydrogen (secondary N) is 2. The van der Waals surface area contributed by atoms with E-state index >= 15 is 0 Å². The van der Waals surface area contributed by atoms with Gasteiger partial charge in [-0.3, -0.25) is 9.89 Å². The first-order chi connectivity index (χ1) is 16.7. The number of amides is 2. The van der Waals surface area contributed by atoms with Gasteiger partial charge in [0.25, 0.3) is 0 Å². The number of rotatable bonds is 6. The summed E-state index contributed by atoms with van der Waals surface area (Å²) in [6.45, 7) is 1.17. The molecule has 1 atom stereocenters. The SMILES string of the molecule is O=C(N[C@H]1Cc2ccc3[nH]ncc3c2CN(CCc2ccccc2)C1=O)OCc1ccccc1. The van der Waals surface area contributed by atoms with Crippen LogP contribution in [0.1, 0.15) is 22.3 Å². The Morgan fingerprint density at radius 2 is 1.76 bits per heavy atom. The lowest BCUT2D eigenvalue weighted by Gasteiger charge is -2.25. The Hall–Kier alpha value is -4.13. The predicted molar refractivity (Wildman–Crippen MR) is 129 cm³/mol. The lowest BCUT2D eigenvalue weighted by atomic mass is 9.99. The van der Waals surface area contributed by atoms with Gasteiger partial charge >= 0.3 is 6.09 Å². The van der Waals surface area contributed by atoms with Crippen molar-refractivity contribution in [2.45, 2.75) is 32.0 Å². The van der Waals surface area contributed by atoms with Crippen LogP contribution < -0.4 is 5.32 Å². The van der Waals surface area contributed by atoms with Gasteiger partial charge in [0.2, 0.25) is 5.91 Å². The van der Waals surface area contributed by atoms with Gasteiger partial charge in [-0.25, -0.2) is 4.79 Å². The number of aromatic amines is 1. The summed E-state index contributed by atoms with van der Waals surface area (Å²) in [5.41, 5.74) is 5.07. The van der Waals surface area contributed by atoms with Crippen LogP contribution in [0, 0.1) is 0 Å². The summed E-state index contributed by atoms with van der Waals surface area (Å²) in [4.78, 5) is 28.0. The van der Waals surface area contributed by atoms with Crippen LogP contribution in [0.15, 0.2) is 79.0 Å². The lowest BCUT2D eigenvalue weighted by molar-refractivity contribution is -0.133. The summed E-state index contributed by atoms with van der Waals surface area (Å²) in [7, 11) is 0. The molecule has 1 aliphatic rings. The van der Waals surface area contributed by atoms with Gasteiger partial charge in [-0.2, -0.15) is 5.10 Å². The van der Waals surface area contributed by atoms with E-state index in [9.17, 15) is 9.59 Å². The Bertz CT molecular complexity index is 1290. The largest absolute Gasteiger partial charge is 0.445 e. The maximum Gasteiger partial charge on any atom is 0.408 e. The first-order valence-corrected chi connectivity index (χ1v) is 11.4. The third-order valence-corrected chi connectivity index (χ3v) is 6.23. The molecule has 0 spiro atoms. The van der Waals surface area contributed by atoms with Crippen molar-refractivity contribution in [2.75, 3.05) is 6.54 Å². The monoisotopic (exact) mass is 454 g/mol. The molecule has 2 heterocycles. The first kappa shape index (κ1) is 21.7. The fraction of sp³-hybridized carbons (Fsp3) is 0.222. The zero-order valence-corrected chi connectivity index (χ0v) is 18.7. The molecule has 3 aromatic carbocycles.